The zero-order chi connectivity index (χ0) is 9.14. The molecule has 7 nitrogen and oxygen atoms in total. The average Bonchev–Trinajstić information content (AvgIpc) is 2.03. The molecule has 1 aromatic heterocycles. The number of nitrogens with one attached hydrogen (secondary N) is 1. The van der Waals surface area contributed by atoms with Gasteiger partial charge in [0, 0.05) is 0 Å². The van der Waals surface area contributed by atoms with E-state index >= 15 is 0 Å². The number of hydrazine groups is 1. The summed E-state index contributed by atoms with van der Waals surface area (Å²) in [6.07, 6.45) is 1.21. The van der Waals surface area contributed by atoms with E-state index in [9.17, 15) is 10.1 Å². The Bertz CT molecular complexity index is 313. The lowest BCUT2D eigenvalue weighted by atomic mass is 10.3. The smallest absolute Gasteiger partial charge is 0.303 e. The Labute approximate surface area is 67.7 Å². The monoisotopic (exact) mass is 169 g/mol. The van der Waals surface area contributed by atoms with Crippen molar-refractivity contribution in [3.05, 3.63) is 22.1 Å². The van der Waals surface area contributed by atoms with Crippen molar-refractivity contribution in [3.8, 4) is 0 Å². The fourth-order valence-corrected chi connectivity index (χ4v) is 0.791. The quantitative estimate of drug-likeness (QED) is 0.366. The Hall–Kier alpha value is -1.76. The third kappa shape index (κ3) is 1.30. The minimum atomic E-state index is -0.579. The highest BCUT2D eigenvalue weighted by molar-refractivity contribution is 5.56. The maximum absolute atomic E-state index is 10.4. The van der Waals surface area contributed by atoms with E-state index in [2.05, 4.69) is 15.4 Å². The van der Waals surface area contributed by atoms with E-state index < -0.39 is 4.92 Å². The normalized spacial score (nSPS) is 9.50. The summed E-state index contributed by atoms with van der Waals surface area (Å²) in [6, 6.07) is 0. The Kier molecular flexibility index (Phi) is 2.15. The van der Waals surface area contributed by atoms with E-state index in [1.165, 1.54) is 13.3 Å². The van der Waals surface area contributed by atoms with Crippen molar-refractivity contribution >= 4 is 11.5 Å². The third-order valence-corrected chi connectivity index (χ3v) is 1.32. The van der Waals surface area contributed by atoms with E-state index in [0.717, 1.165) is 0 Å². The van der Waals surface area contributed by atoms with Gasteiger partial charge in [0.05, 0.1) is 4.92 Å². The van der Waals surface area contributed by atoms with Crippen LogP contribution >= 0.6 is 0 Å². The second kappa shape index (κ2) is 3.09. The topological polar surface area (TPSA) is 107 Å². The van der Waals surface area contributed by atoms with Crippen molar-refractivity contribution in [1.82, 2.24) is 9.97 Å². The van der Waals surface area contributed by atoms with Crippen LogP contribution in [0.3, 0.4) is 0 Å². The van der Waals surface area contributed by atoms with Gasteiger partial charge >= 0.3 is 5.69 Å². The Balaban J connectivity index is 3.29. The number of hydrogen-bond donors (Lipinski definition) is 2. The van der Waals surface area contributed by atoms with Crippen molar-refractivity contribution in [1.29, 1.82) is 0 Å². The van der Waals surface area contributed by atoms with Crippen LogP contribution in [-0.2, 0) is 0 Å². The zero-order valence-corrected chi connectivity index (χ0v) is 6.31. The van der Waals surface area contributed by atoms with Crippen molar-refractivity contribution in [2.75, 3.05) is 5.43 Å². The Morgan fingerprint density at radius 2 is 2.33 bits per heavy atom. The van der Waals surface area contributed by atoms with Crippen LogP contribution in [0, 0.1) is 17.0 Å². The van der Waals surface area contributed by atoms with Crippen LogP contribution in [0.15, 0.2) is 6.33 Å². The highest BCUT2D eigenvalue weighted by atomic mass is 16.6. The SMILES string of the molecule is Cc1ncnc(NN)c1[N+](=O)[O-]. The molecule has 7 heteroatoms. The molecule has 0 aromatic carbocycles. The molecule has 0 spiro atoms. The van der Waals surface area contributed by atoms with Crippen molar-refractivity contribution in [2.24, 2.45) is 5.84 Å². The summed E-state index contributed by atoms with van der Waals surface area (Å²) in [5, 5.41) is 10.4. The van der Waals surface area contributed by atoms with Crippen molar-refractivity contribution in [3.63, 3.8) is 0 Å². The highest BCUT2D eigenvalue weighted by Gasteiger charge is 2.18. The molecule has 0 atom stereocenters. The van der Waals surface area contributed by atoms with Crippen LogP contribution in [0.25, 0.3) is 0 Å². The molecule has 0 aliphatic rings. The first-order valence-corrected chi connectivity index (χ1v) is 3.09. The van der Waals surface area contributed by atoms with Crippen LogP contribution in [0.1, 0.15) is 5.69 Å². The van der Waals surface area contributed by atoms with Gasteiger partial charge in [-0.05, 0) is 6.92 Å². The van der Waals surface area contributed by atoms with Crippen LogP contribution in [-0.4, -0.2) is 14.9 Å². The fourth-order valence-electron chi connectivity index (χ4n) is 0.791. The molecule has 1 heterocycles. The molecule has 0 unspecified atom stereocenters. The van der Waals surface area contributed by atoms with E-state index in [-0.39, 0.29) is 17.2 Å². The van der Waals surface area contributed by atoms with Crippen LogP contribution < -0.4 is 11.3 Å². The number of nitrogens with zero attached hydrogens (tertiary/aromatic N) is 3. The predicted molar refractivity (Wildman–Crippen MR) is 41.2 cm³/mol. The van der Waals surface area contributed by atoms with Gasteiger partial charge in [-0.25, -0.2) is 15.8 Å². The Morgan fingerprint density at radius 3 is 2.75 bits per heavy atom. The third-order valence-electron chi connectivity index (χ3n) is 1.32. The summed E-state index contributed by atoms with van der Waals surface area (Å²) in [5.74, 6) is 5.03. The van der Waals surface area contributed by atoms with Crippen LogP contribution in [0.2, 0.25) is 0 Å². The van der Waals surface area contributed by atoms with Crippen molar-refractivity contribution < 1.29 is 4.92 Å². The first-order valence-electron chi connectivity index (χ1n) is 3.09. The van der Waals surface area contributed by atoms with E-state index in [0.29, 0.717) is 0 Å². The van der Waals surface area contributed by atoms with E-state index in [4.69, 9.17) is 5.84 Å². The molecule has 3 N–H and O–H groups in total. The maximum atomic E-state index is 10.4. The first-order chi connectivity index (χ1) is 5.66. The molecular weight excluding hydrogens is 162 g/mol. The number of aryl methyl sites for hydroxylation is 1. The average molecular weight is 169 g/mol. The second-order valence-electron chi connectivity index (χ2n) is 2.06. The number of rotatable bonds is 2. The lowest BCUT2D eigenvalue weighted by molar-refractivity contribution is -0.385. The van der Waals surface area contributed by atoms with Gasteiger partial charge in [0.1, 0.15) is 12.0 Å². The van der Waals surface area contributed by atoms with Gasteiger partial charge < -0.3 is 5.43 Å². The molecule has 0 saturated heterocycles. The van der Waals surface area contributed by atoms with E-state index in [1.807, 2.05) is 0 Å². The number of hydrogen-bond acceptors (Lipinski definition) is 6. The maximum Gasteiger partial charge on any atom is 0.333 e. The lowest BCUT2D eigenvalue weighted by Crippen LogP contribution is -2.12. The molecule has 0 aliphatic heterocycles. The standard InChI is InChI=1S/C5H7N5O2/c1-3-4(10(11)12)5(9-6)8-2-7-3/h2H,6H2,1H3,(H,7,8,9). The molecular formula is C5H7N5O2. The van der Waals surface area contributed by atoms with Gasteiger partial charge in [0.2, 0.25) is 5.82 Å². The number of nitro groups is 1. The molecule has 12 heavy (non-hydrogen) atoms. The first kappa shape index (κ1) is 8.34. The molecule has 0 saturated carbocycles. The highest BCUT2D eigenvalue weighted by Crippen LogP contribution is 2.22. The molecule has 64 valence electrons. The Morgan fingerprint density at radius 1 is 1.67 bits per heavy atom. The second-order valence-corrected chi connectivity index (χ2v) is 2.06. The van der Waals surface area contributed by atoms with Gasteiger partial charge in [0.15, 0.2) is 0 Å². The summed E-state index contributed by atoms with van der Waals surface area (Å²) in [5.41, 5.74) is 2.21. The van der Waals surface area contributed by atoms with Crippen LogP contribution in [0.5, 0.6) is 0 Å². The van der Waals surface area contributed by atoms with Gasteiger partial charge in [-0.15, -0.1) is 0 Å². The number of aromatic nitrogens is 2. The van der Waals surface area contributed by atoms with E-state index in [1.54, 1.807) is 0 Å². The molecule has 1 rings (SSSR count). The molecule has 0 bridgehead atoms. The predicted octanol–water partition coefficient (Wildman–Crippen LogP) is -0.0212. The molecule has 0 aliphatic carbocycles. The number of nitrogen functional groups attached to an aromatic ring is 1. The fraction of sp³-hybridized carbons (Fsp3) is 0.200. The summed E-state index contributed by atoms with van der Waals surface area (Å²) in [7, 11) is 0. The molecule has 1 aromatic rings. The van der Waals surface area contributed by atoms with Crippen LogP contribution in [0.4, 0.5) is 11.5 Å². The minimum absolute atomic E-state index is 0.0208. The summed E-state index contributed by atoms with van der Waals surface area (Å²) in [4.78, 5) is 17.1. The van der Waals surface area contributed by atoms with Crippen molar-refractivity contribution in [2.45, 2.75) is 6.92 Å². The van der Waals surface area contributed by atoms with Gasteiger partial charge in [-0.3, -0.25) is 10.1 Å². The lowest BCUT2D eigenvalue weighted by Gasteiger charge is -2.00. The summed E-state index contributed by atoms with van der Waals surface area (Å²) < 4.78 is 0. The minimum Gasteiger partial charge on any atom is -0.303 e. The molecule has 0 fully saturated rings. The summed E-state index contributed by atoms with van der Waals surface area (Å²) >= 11 is 0. The van der Waals surface area contributed by atoms with Gasteiger partial charge in [-0.2, -0.15) is 0 Å². The molecule has 0 radical (unpaired) electrons. The largest absolute Gasteiger partial charge is 0.333 e. The molecule has 0 amide bonds. The van der Waals surface area contributed by atoms with Gasteiger partial charge in [-0.1, -0.05) is 0 Å². The van der Waals surface area contributed by atoms with Gasteiger partial charge in [0.25, 0.3) is 0 Å². The number of nitrogens with two attached hydrogens (primary N) is 1. The summed E-state index contributed by atoms with van der Waals surface area (Å²) in [6.45, 7) is 1.51. The zero-order valence-electron chi connectivity index (χ0n) is 6.31. The number of anilines is 1.